The molecular weight excluding hydrogens is 491 g/mol. The Hall–Kier alpha value is -3.75. The summed E-state index contributed by atoms with van der Waals surface area (Å²) in [6.07, 6.45) is 0.784. The van der Waals surface area contributed by atoms with Crippen LogP contribution in [0.25, 0.3) is 0 Å². The highest BCUT2D eigenvalue weighted by Gasteiger charge is 2.46. The highest BCUT2D eigenvalue weighted by atomic mass is 31.2. The predicted molar refractivity (Wildman–Crippen MR) is 156 cm³/mol. The van der Waals surface area contributed by atoms with Crippen LogP contribution in [0.5, 0.6) is 5.75 Å². The summed E-state index contributed by atoms with van der Waals surface area (Å²) in [5.41, 5.74) is 0.784. The summed E-state index contributed by atoms with van der Waals surface area (Å²) in [5.74, 6) is -0.632. The number of hydrogen-bond acceptors (Lipinski definition) is 4. The summed E-state index contributed by atoms with van der Waals surface area (Å²) in [7, 11) is -0.950. The van der Waals surface area contributed by atoms with E-state index in [-0.39, 0.29) is 29.1 Å². The Kier molecular flexibility index (Phi) is 8.44. The Bertz CT molecular complexity index is 1280. The van der Waals surface area contributed by atoms with Gasteiger partial charge in [0.2, 0.25) is 0 Å². The van der Waals surface area contributed by atoms with Crippen molar-refractivity contribution in [3.63, 3.8) is 0 Å². The molecule has 4 rings (SSSR count). The molecule has 0 fully saturated rings. The molecule has 0 atom stereocenters. The maximum absolute atomic E-state index is 13.1. The van der Waals surface area contributed by atoms with Gasteiger partial charge in [0.05, 0.1) is 13.5 Å². The van der Waals surface area contributed by atoms with E-state index in [4.69, 9.17) is 9.47 Å². The van der Waals surface area contributed by atoms with Crippen LogP contribution in [-0.4, -0.2) is 19.0 Å². The summed E-state index contributed by atoms with van der Waals surface area (Å²) in [5, 5.41) is 3.61. The van der Waals surface area contributed by atoms with E-state index in [1.807, 2.05) is 51.1 Å². The van der Waals surface area contributed by atoms with Crippen LogP contribution in [0.1, 0.15) is 43.1 Å². The first-order valence-electron chi connectivity index (χ1n) is 12.7. The van der Waals surface area contributed by atoms with Crippen LogP contribution < -0.4 is 20.7 Å². The first-order valence-corrected chi connectivity index (χ1v) is 14.7. The minimum absolute atomic E-state index is 0.221. The molecule has 0 radical (unpaired) electrons. The zero-order chi connectivity index (χ0) is 27.2. The van der Waals surface area contributed by atoms with Crippen molar-refractivity contribution in [1.29, 1.82) is 0 Å². The van der Waals surface area contributed by atoms with Crippen LogP contribution in [0.3, 0.4) is 0 Å². The van der Waals surface area contributed by atoms with Crippen molar-refractivity contribution < 1.29 is 19.1 Å². The summed E-state index contributed by atoms with van der Waals surface area (Å²) in [4.78, 5) is 25.9. The van der Waals surface area contributed by atoms with E-state index in [2.05, 4.69) is 72.8 Å². The molecule has 4 nitrogen and oxygen atoms in total. The standard InChI is InChI=1S/C33H34O4P/c1-33(2,3)23-30(34)37-31-25(15-14-22-29(31)32(35)36-4)24-38(26-16-8-5-9-17-26,27-18-10-6-11-19-27)28-20-12-7-13-21-28/h5-22H,23-24H2,1-4H3/q+1. The molecule has 0 spiro atoms. The van der Waals surface area contributed by atoms with E-state index in [1.165, 1.54) is 23.0 Å². The Morgan fingerprint density at radius 2 is 1.16 bits per heavy atom. The van der Waals surface area contributed by atoms with Gasteiger partial charge < -0.3 is 9.47 Å². The third-order valence-electron chi connectivity index (χ3n) is 6.39. The fourth-order valence-electron chi connectivity index (χ4n) is 4.71. The molecule has 0 aliphatic heterocycles. The topological polar surface area (TPSA) is 52.6 Å². The fraction of sp³-hybridized carbons (Fsp3) is 0.212. The van der Waals surface area contributed by atoms with Gasteiger partial charge in [0.25, 0.3) is 0 Å². The van der Waals surface area contributed by atoms with E-state index >= 15 is 0 Å². The normalized spacial score (nSPS) is 11.6. The summed E-state index contributed by atoms with van der Waals surface area (Å²) >= 11 is 0. The molecule has 0 saturated heterocycles. The zero-order valence-corrected chi connectivity index (χ0v) is 23.3. The molecule has 5 heteroatoms. The third-order valence-corrected chi connectivity index (χ3v) is 10.7. The number of para-hydroxylation sites is 1. The van der Waals surface area contributed by atoms with Gasteiger partial charge in [-0.2, -0.15) is 0 Å². The summed E-state index contributed by atoms with van der Waals surface area (Å²) < 4.78 is 11.1. The molecule has 38 heavy (non-hydrogen) atoms. The van der Waals surface area contributed by atoms with Gasteiger partial charge in [-0.15, -0.1) is 0 Å². The van der Waals surface area contributed by atoms with E-state index in [0.717, 1.165) is 5.56 Å². The fourth-order valence-corrected chi connectivity index (χ4v) is 8.95. The smallest absolute Gasteiger partial charge is 0.341 e. The van der Waals surface area contributed by atoms with Crippen molar-refractivity contribution >= 4 is 35.1 Å². The minimum Gasteiger partial charge on any atom is -0.465 e. The van der Waals surface area contributed by atoms with Crippen LogP contribution in [0, 0.1) is 5.41 Å². The lowest BCUT2D eigenvalue weighted by molar-refractivity contribution is -0.136. The number of ether oxygens (including phenoxy) is 2. The molecule has 0 saturated carbocycles. The molecule has 0 aromatic heterocycles. The minimum atomic E-state index is -2.29. The Morgan fingerprint density at radius 3 is 1.58 bits per heavy atom. The molecular formula is C33H34O4P+. The van der Waals surface area contributed by atoms with Crippen molar-refractivity contribution in [2.24, 2.45) is 5.41 Å². The van der Waals surface area contributed by atoms with Crippen LogP contribution in [0.2, 0.25) is 0 Å². The summed E-state index contributed by atoms with van der Waals surface area (Å²) in [6.45, 7) is 5.95. The Morgan fingerprint density at radius 1 is 0.684 bits per heavy atom. The molecule has 0 aliphatic rings. The van der Waals surface area contributed by atoms with Crippen LogP contribution in [-0.2, 0) is 15.7 Å². The maximum atomic E-state index is 13.1. The van der Waals surface area contributed by atoms with Crippen LogP contribution in [0.15, 0.2) is 109 Å². The first-order chi connectivity index (χ1) is 18.2. The van der Waals surface area contributed by atoms with Crippen molar-refractivity contribution in [3.05, 3.63) is 120 Å². The highest BCUT2D eigenvalue weighted by Crippen LogP contribution is 2.59. The number of carbonyl (C=O) groups excluding carboxylic acids is 2. The molecule has 194 valence electrons. The van der Waals surface area contributed by atoms with Crippen LogP contribution >= 0.6 is 7.26 Å². The van der Waals surface area contributed by atoms with E-state index < -0.39 is 13.2 Å². The number of benzene rings is 4. The molecule has 0 N–H and O–H groups in total. The number of carbonyl (C=O) groups is 2. The lowest BCUT2D eigenvalue weighted by Crippen LogP contribution is -2.32. The highest BCUT2D eigenvalue weighted by molar-refractivity contribution is 7.95. The van der Waals surface area contributed by atoms with Gasteiger partial charge in [-0.05, 0) is 47.9 Å². The predicted octanol–water partition coefficient (Wildman–Crippen LogP) is 6.31. The molecule has 0 heterocycles. The summed E-state index contributed by atoms with van der Waals surface area (Å²) in [6, 6.07) is 36.9. The zero-order valence-electron chi connectivity index (χ0n) is 22.4. The molecule has 0 unspecified atom stereocenters. The first kappa shape index (κ1) is 27.3. The maximum Gasteiger partial charge on any atom is 0.341 e. The average molecular weight is 526 g/mol. The lowest BCUT2D eigenvalue weighted by Gasteiger charge is -2.28. The van der Waals surface area contributed by atoms with E-state index in [0.29, 0.717) is 6.16 Å². The SMILES string of the molecule is COC(=O)c1cccc(C[P+](c2ccccc2)(c2ccccc2)c2ccccc2)c1OC(=O)CC(C)(C)C. The average Bonchev–Trinajstić information content (AvgIpc) is 2.92. The van der Waals surface area contributed by atoms with Crippen molar-refractivity contribution in [1.82, 2.24) is 0 Å². The number of methoxy groups -OCH3 is 1. The van der Waals surface area contributed by atoms with Gasteiger partial charge >= 0.3 is 11.9 Å². The van der Waals surface area contributed by atoms with Gasteiger partial charge in [-0.25, -0.2) is 4.79 Å². The second kappa shape index (κ2) is 11.8. The molecule has 4 aromatic rings. The van der Waals surface area contributed by atoms with E-state index in [9.17, 15) is 9.59 Å². The third kappa shape index (κ3) is 6.03. The Balaban J connectivity index is 1.96. The number of rotatable bonds is 8. The second-order valence-electron chi connectivity index (χ2n) is 10.5. The van der Waals surface area contributed by atoms with Gasteiger partial charge in [0, 0.05) is 5.56 Å². The number of esters is 2. The van der Waals surface area contributed by atoms with E-state index in [1.54, 1.807) is 6.07 Å². The van der Waals surface area contributed by atoms with Crippen molar-refractivity contribution in [2.75, 3.05) is 7.11 Å². The largest absolute Gasteiger partial charge is 0.465 e. The van der Waals surface area contributed by atoms with Crippen molar-refractivity contribution in [3.8, 4) is 5.75 Å². The molecule has 0 amide bonds. The van der Waals surface area contributed by atoms with Crippen LogP contribution in [0.4, 0.5) is 0 Å². The monoisotopic (exact) mass is 525 g/mol. The van der Waals surface area contributed by atoms with Gasteiger partial charge in [-0.3, -0.25) is 4.79 Å². The quantitative estimate of drug-likeness (QED) is 0.154. The van der Waals surface area contributed by atoms with Gasteiger partial charge in [-0.1, -0.05) is 87.5 Å². The molecule has 4 aromatic carbocycles. The lowest BCUT2D eigenvalue weighted by atomic mass is 9.92. The number of hydrogen-bond donors (Lipinski definition) is 0. The molecule has 0 aliphatic carbocycles. The second-order valence-corrected chi connectivity index (χ2v) is 14.0. The van der Waals surface area contributed by atoms with Gasteiger partial charge in [0.15, 0.2) is 5.75 Å². The van der Waals surface area contributed by atoms with Gasteiger partial charge in [0.1, 0.15) is 34.9 Å². The molecule has 0 bridgehead atoms. The Labute approximate surface area is 226 Å². The van der Waals surface area contributed by atoms with Crippen molar-refractivity contribution in [2.45, 2.75) is 33.4 Å².